The molecule has 1 amide bonds. The quantitative estimate of drug-likeness (QED) is 0.275. The lowest BCUT2D eigenvalue weighted by molar-refractivity contribution is -0.190. The average Bonchev–Trinajstić information content (AvgIpc) is 3.66. The Hall–Kier alpha value is -2.86. The summed E-state index contributed by atoms with van der Waals surface area (Å²) in [6.45, 7) is 1.15. The molecule has 0 aliphatic heterocycles. The molecule has 1 aromatic rings. The van der Waals surface area contributed by atoms with Crippen molar-refractivity contribution in [1.29, 1.82) is 0 Å². The van der Waals surface area contributed by atoms with Crippen LogP contribution in [0.2, 0.25) is 0 Å². The highest BCUT2D eigenvalue weighted by molar-refractivity contribution is 6.25. The summed E-state index contributed by atoms with van der Waals surface area (Å²) in [4.78, 5) is 57.1. The minimum atomic E-state index is -2.66. The van der Waals surface area contributed by atoms with Gasteiger partial charge >= 0.3 is 0 Å². The number of carbonyl (C=O) groups excluding carboxylic acids is 4. The number of phenols is 1. The molecule has 39 heavy (non-hydrogen) atoms. The van der Waals surface area contributed by atoms with Gasteiger partial charge in [-0.25, -0.2) is 0 Å². The van der Waals surface area contributed by atoms with Crippen molar-refractivity contribution in [2.75, 3.05) is 39.6 Å². The number of aromatic hydroxyl groups is 1. The fraction of sp³-hybridized carbons (Fsp3) is 0.643. The largest absolute Gasteiger partial charge is 0.507 e. The van der Waals surface area contributed by atoms with E-state index >= 15 is 0 Å². The smallest absolute Gasteiger partial charge is 0.230 e. The van der Waals surface area contributed by atoms with Crippen LogP contribution in [0.3, 0.4) is 0 Å². The monoisotopic (exact) mass is 542 g/mol. The van der Waals surface area contributed by atoms with Gasteiger partial charge in [-0.2, -0.15) is 0 Å². The van der Waals surface area contributed by atoms with Gasteiger partial charge in [0.15, 0.2) is 23.0 Å². The normalized spacial score (nSPS) is 34.0. The number of anilines is 1. The third-order valence-electron chi connectivity index (χ3n) is 9.27. The minimum Gasteiger partial charge on any atom is -0.507 e. The summed E-state index contributed by atoms with van der Waals surface area (Å²) >= 11 is 0. The molecule has 212 valence electrons. The van der Waals surface area contributed by atoms with Gasteiger partial charge in [0.25, 0.3) is 0 Å². The van der Waals surface area contributed by atoms with Gasteiger partial charge < -0.3 is 36.2 Å². The van der Waals surface area contributed by atoms with Crippen molar-refractivity contribution < 1.29 is 34.5 Å². The van der Waals surface area contributed by atoms with Gasteiger partial charge in [-0.05, 0) is 69.8 Å². The highest BCUT2D eigenvalue weighted by Gasteiger charge is 2.69. The second-order valence-electron chi connectivity index (χ2n) is 12.2. The van der Waals surface area contributed by atoms with Crippen molar-refractivity contribution in [3.8, 4) is 5.75 Å². The molecule has 3 saturated carbocycles. The summed E-state index contributed by atoms with van der Waals surface area (Å²) in [5.74, 6) is -8.28. The van der Waals surface area contributed by atoms with Gasteiger partial charge in [0.05, 0.1) is 17.6 Å². The van der Waals surface area contributed by atoms with Crippen molar-refractivity contribution >= 4 is 28.9 Å². The highest BCUT2D eigenvalue weighted by atomic mass is 16.3. The predicted molar refractivity (Wildman–Crippen MR) is 141 cm³/mol. The Bertz CT molecular complexity index is 1240. The number of fused-ring (bicyclic) bond motifs is 3. The molecule has 0 bridgehead atoms. The van der Waals surface area contributed by atoms with E-state index in [-0.39, 0.29) is 24.2 Å². The van der Waals surface area contributed by atoms with E-state index in [2.05, 4.69) is 5.32 Å². The standard InChI is InChI=1S/C28H38N4O7/c1-31(2)17-9-14(11-30-10-12-5-6-12)22(33)19-15(17)7-13-8-16-21(32(3)4)24(35)20(27(29)38)26(37)28(16,39)25(36)18(13)23(19)34/h9,12-13,16,18,20-21,24,30,33,35,39H,5-8,10-11H2,1-4H3,(H2,29,38)/t13-,16-,18?,20?,21?,24?,28-/m1/s1. The fourth-order valence-corrected chi connectivity index (χ4v) is 7.19. The van der Waals surface area contributed by atoms with E-state index in [1.54, 1.807) is 19.0 Å². The number of phenolic OH excluding ortho intramolecular Hbond substituents is 1. The molecule has 6 N–H and O–H groups in total. The number of hydrogen-bond acceptors (Lipinski definition) is 10. The lowest BCUT2D eigenvalue weighted by Crippen LogP contribution is -2.75. The summed E-state index contributed by atoms with van der Waals surface area (Å²) in [7, 11) is 6.94. The Labute approximate surface area is 227 Å². The third-order valence-corrected chi connectivity index (χ3v) is 9.27. The van der Waals surface area contributed by atoms with E-state index < -0.39 is 64.7 Å². The van der Waals surface area contributed by atoms with Crippen molar-refractivity contribution in [1.82, 2.24) is 10.2 Å². The van der Waals surface area contributed by atoms with Gasteiger partial charge in [-0.1, -0.05) is 0 Å². The Morgan fingerprint density at radius 1 is 1.15 bits per heavy atom. The van der Waals surface area contributed by atoms with E-state index in [0.717, 1.165) is 12.2 Å². The van der Waals surface area contributed by atoms with Gasteiger partial charge in [-0.15, -0.1) is 0 Å². The summed E-state index contributed by atoms with van der Waals surface area (Å²) < 4.78 is 0. The number of nitrogens with zero attached hydrogens (tertiary/aromatic N) is 2. The second-order valence-corrected chi connectivity index (χ2v) is 12.2. The van der Waals surface area contributed by atoms with Crippen molar-refractivity contribution in [2.45, 2.75) is 50.0 Å². The minimum absolute atomic E-state index is 0.0416. The third kappa shape index (κ3) is 4.18. The molecule has 4 aliphatic rings. The zero-order chi connectivity index (χ0) is 28.5. The molecule has 4 aliphatic carbocycles. The number of ketones is 3. The summed E-state index contributed by atoms with van der Waals surface area (Å²) in [5, 5.41) is 37.3. The van der Waals surface area contributed by atoms with Crippen LogP contribution in [0, 0.1) is 29.6 Å². The zero-order valence-corrected chi connectivity index (χ0v) is 22.8. The van der Waals surface area contributed by atoms with Crippen LogP contribution in [0.4, 0.5) is 5.69 Å². The maximum Gasteiger partial charge on any atom is 0.230 e. The Morgan fingerprint density at radius 3 is 2.38 bits per heavy atom. The van der Waals surface area contributed by atoms with Gasteiger partial charge in [0.1, 0.15) is 11.7 Å². The molecule has 11 nitrogen and oxygen atoms in total. The molecule has 0 radical (unpaired) electrons. The van der Waals surface area contributed by atoms with E-state index in [0.29, 0.717) is 23.6 Å². The predicted octanol–water partition coefficient (Wildman–Crippen LogP) is -0.776. The average molecular weight is 543 g/mol. The van der Waals surface area contributed by atoms with Crippen LogP contribution in [-0.2, 0) is 27.3 Å². The second kappa shape index (κ2) is 9.65. The number of aliphatic hydroxyl groups is 2. The van der Waals surface area contributed by atoms with Gasteiger partial charge in [0.2, 0.25) is 5.91 Å². The Balaban J connectivity index is 1.59. The number of nitrogens with two attached hydrogens (primary N) is 1. The van der Waals surface area contributed by atoms with E-state index in [4.69, 9.17) is 5.73 Å². The maximum absolute atomic E-state index is 14.0. The van der Waals surface area contributed by atoms with Gasteiger partial charge in [-0.3, -0.25) is 19.2 Å². The van der Waals surface area contributed by atoms with Crippen LogP contribution in [0.5, 0.6) is 5.75 Å². The molecule has 1 aromatic carbocycles. The molecule has 11 heteroatoms. The molecule has 3 fully saturated rings. The summed E-state index contributed by atoms with van der Waals surface area (Å²) in [5.41, 5.74) is 4.71. The maximum atomic E-state index is 14.0. The van der Waals surface area contributed by atoms with Crippen LogP contribution in [0.1, 0.15) is 40.7 Å². The first-order chi connectivity index (χ1) is 18.3. The number of amides is 1. The highest BCUT2D eigenvalue weighted by Crippen LogP contribution is 2.52. The van der Waals surface area contributed by atoms with E-state index in [1.165, 1.54) is 12.8 Å². The molecule has 5 rings (SSSR count). The van der Waals surface area contributed by atoms with E-state index in [9.17, 15) is 34.5 Å². The van der Waals surface area contributed by atoms with Gasteiger partial charge in [0, 0.05) is 43.9 Å². The lowest BCUT2D eigenvalue weighted by Gasteiger charge is -2.55. The number of carbonyl (C=O) groups is 4. The SMILES string of the molecule is CN(C)c1cc(CNCC2CC2)c(O)c2c1C[C@@H]1C[C@@H]3C(N(C)C)C(O)C(C(N)=O)C(=O)[C@]3(O)C(=O)C1C2=O. The molecular formula is C28H38N4O7. The summed E-state index contributed by atoms with van der Waals surface area (Å²) in [6, 6.07) is 0.935. The Kier molecular flexibility index (Phi) is 6.85. The first kappa shape index (κ1) is 27.7. The van der Waals surface area contributed by atoms with Crippen molar-refractivity contribution in [3.05, 3.63) is 22.8 Å². The number of benzene rings is 1. The molecule has 0 spiro atoms. The molecule has 4 unspecified atom stereocenters. The molecule has 7 atom stereocenters. The molecule has 0 aromatic heterocycles. The van der Waals surface area contributed by atoms with Crippen LogP contribution < -0.4 is 16.0 Å². The van der Waals surface area contributed by atoms with Crippen LogP contribution in [0.15, 0.2) is 6.07 Å². The van der Waals surface area contributed by atoms with Crippen molar-refractivity contribution in [3.63, 3.8) is 0 Å². The number of nitrogens with one attached hydrogen (secondary N) is 1. The van der Waals surface area contributed by atoms with Crippen LogP contribution in [-0.4, -0.2) is 96.0 Å². The molecular weight excluding hydrogens is 504 g/mol. The number of hydrogen-bond donors (Lipinski definition) is 5. The van der Waals surface area contributed by atoms with Crippen molar-refractivity contribution in [2.24, 2.45) is 35.3 Å². The zero-order valence-electron chi connectivity index (χ0n) is 22.8. The number of likely N-dealkylation sites (N-methyl/N-ethyl adjacent to an activating group) is 1. The number of primary amides is 1. The first-order valence-electron chi connectivity index (χ1n) is 13.5. The number of rotatable bonds is 7. The number of Topliss-reactive ketones (excluding diaryl/α,β-unsaturated/α-hetero) is 3. The first-order valence-corrected chi connectivity index (χ1v) is 13.5. The summed E-state index contributed by atoms with van der Waals surface area (Å²) in [6.07, 6.45) is 1.18. The fourth-order valence-electron chi connectivity index (χ4n) is 7.19. The van der Waals surface area contributed by atoms with Crippen LogP contribution >= 0.6 is 0 Å². The molecule has 0 heterocycles. The van der Waals surface area contributed by atoms with Crippen LogP contribution in [0.25, 0.3) is 0 Å². The molecule has 0 saturated heterocycles. The Morgan fingerprint density at radius 2 is 1.82 bits per heavy atom. The van der Waals surface area contributed by atoms with E-state index in [1.807, 2.05) is 25.1 Å². The number of aliphatic hydroxyl groups excluding tert-OH is 1. The topological polar surface area (TPSA) is 173 Å². The lowest BCUT2D eigenvalue weighted by atomic mass is 9.52.